The van der Waals surface area contributed by atoms with Crippen LogP contribution in [0.25, 0.3) is 10.8 Å². The number of nitrogens with one attached hydrogen (secondary N) is 1. The smallest absolute Gasteiger partial charge is 0.241 e. The summed E-state index contributed by atoms with van der Waals surface area (Å²) in [5.74, 6) is -2.34. The SMILES string of the molecule is NC(=O)CC[C@H](NS(=O)(=O)c1ccc2ccccc2c1)C(=O)[O-]. The highest BCUT2D eigenvalue weighted by molar-refractivity contribution is 7.89. The molecule has 0 radical (unpaired) electrons. The fourth-order valence-electron chi connectivity index (χ4n) is 2.10. The fraction of sp³-hybridized carbons (Fsp3) is 0.200. The van der Waals surface area contributed by atoms with Gasteiger partial charge >= 0.3 is 0 Å². The minimum absolute atomic E-state index is 0.0680. The summed E-state index contributed by atoms with van der Waals surface area (Å²) >= 11 is 0. The highest BCUT2D eigenvalue weighted by Gasteiger charge is 2.21. The number of carboxylic acid groups (broad SMARTS) is 1. The lowest BCUT2D eigenvalue weighted by molar-refractivity contribution is -0.308. The number of carbonyl (C=O) groups excluding carboxylic acids is 2. The summed E-state index contributed by atoms with van der Waals surface area (Å²) in [7, 11) is -4.07. The minimum atomic E-state index is -4.07. The van der Waals surface area contributed by atoms with Gasteiger partial charge in [0.2, 0.25) is 15.9 Å². The molecule has 7 nitrogen and oxygen atoms in total. The Bertz CT molecular complexity index is 848. The van der Waals surface area contributed by atoms with Crippen molar-refractivity contribution in [3.8, 4) is 0 Å². The number of fused-ring (bicyclic) bond motifs is 1. The summed E-state index contributed by atoms with van der Waals surface area (Å²) in [5, 5.41) is 12.6. The molecule has 1 atom stereocenters. The van der Waals surface area contributed by atoms with E-state index in [9.17, 15) is 23.1 Å². The van der Waals surface area contributed by atoms with Gasteiger partial charge in [-0.25, -0.2) is 13.1 Å². The Labute approximate surface area is 133 Å². The molecule has 0 saturated heterocycles. The summed E-state index contributed by atoms with van der Waals surface area (Å²) in [4.78, 5) is 21.7. The molecule has 2 aromatic carbocycles. The number of sulfonamides is 1. The van der Waals surface area contributed by atoms with Crippen molar-refractivity contribution in [1.29, 1.82) is 0 Å². The third-order valence-corrected chi connectivity index (χ3v) is 4.76. The average molecular weight is 335 g/mol. The van der Waals surface area contributed by atoms with Crippen molar-refractivity contribution in [2.75, 3.05) is 0 Å². The first-order chi connectivity index (χ1) is 10.8. The number of carbonyl (C=O) groups is 2. The summed E-state index contributed by atoms with van der Waals surface area (Å²) in [6.45, 7) is 0. The molecule has 3 N–H and O–H groups in total. The van der Waals surface area contributed by atoms with Gasteiger partial charge in [-0.2, -0.15) is 0 Å². The first kappa shape index (κ1) is 16.9. The van der Waals surface area contributed by atoms with Crippen LogP contribution in [0.1, 0.15) is 12.8 Å². The molecule has 8 heteroatoms. The Kier molecular flexibility index (Phi) is 4.97. The predicted octanol–water partition coefficient (Wildman–Crippen LogP) is -0.498. The van der Waals surface area contributed by atoms with E-state index in [1.807, 2.05) is 16.9 Å². The van der Waals surface area contributed by atoms with Crippen molar-refractivity contribution >= 4 is 32.7 Å². The van der Waals surface area contributed by atoms with Gasteiger partial charge in [-0.1, -0.05) is 30.3 Å². The largest absolute Gasteiger partial charge is 0.548 e. The lowest BCUT2D eigenvalue weighted by Gasteiger charge is -2.19. The number of hydrogen-bond donors (Lipinski definition) is 2. The van der Waals surface area contributed by atoms with Gasteiger partial charge in [0, 0.05) is 6.42 Å². The summed E-state index contributed by atoms with van der Waals surface area (Å²) in [6, 6.07) is 10.1. The lowest BCUT2D eigenvalue weighted by Crippen LogP contribution is -2.48. The van der Waals surface area contributed by atoms with E-state index < -0.39 is 27.9 Å². The highest BCUT2D eigenvalue weighted by Crippen LogP contribution is 2.19. The molecule has 122 valence electrons. The summed E-state index contributed by atoms with van der Waals surface area (Å²) < 4.78 is 26.7. The van der Waals surface area contributed by atoms with Gasteiger partial charge in [0.05, 0.1) is 16.9 Å². The molecule has 0 fully saturated rings. The zero-order valence-electron chi connectivity index (χ0n) is 12.1. The van der Waals surface area contributed by atoms with Crippen molar-refractivity contribution in [1.82, 2.24) is 4.72 Å². The van der Waals surface area contributed by atoms with E-state index in [0.29, 0.717) is 5.39 Å². The van der Waals surface area contributed by atoms with Crippen LogP contribution in [0.4, 0.5) is 0 Å². The Morgan fingerprint density at radius 3 is 2.39 bits per heavy atom. The summed E-state index contributed by atoms with van der Waals surface area (Å²) in [6.07, 6.45) is -0.538. The molecule has 0 aliphatic carbocycles. The first-order valence-electron chi connectivity index (χ1n) is 6.80. The van der Waals surface area contributed by atoms with Gasteiger partial charge in [0.25, 0.3) is 0 Å². The monoisotopic (exact) mass is 335 g/mol. The van der Waals surface area contributed by atoms with Crippen LogP contribution in [0.5, 0.6) is 0 Å². The number of aliphatic carboxylic acids is 1. The third-order valence-electron chi connectivity index (χ3n) is 3.29. The van der Waals surface area contributed by atoms with Gasteiger partial charge in [0.1, 0.15) is 0 Å². The van der Waals surface area contributed by atoms with Crippen LogP contribution in [-0.2, 0) is 19.6 Å². The molecular weight excluding hydrogens is 320 g/mol. The molecule has 0 saturated carbocycles. The van der Waals surface area contributed by atoms with Crippen LogP contribution in [-0.4, -0.2) is 26.3 Å². The number of amides is 1. The zero-order chi connectivity index (χ0) is 17.0. The molecular formula is C15H15N2O5S-. The quantitative estimate of drug-likeness (QED) is 0.705. The number of primary amides is 1. The Morgan fingerprint density at radius 2 is 1.78 bits per heavy atom. The number of rotatable bonds is 7. The Hall–Kier alpha value is -2.45. The van der Waals surface area contributed by atoms with E-state index in [1.165, 1.54) is 12.1 Å². The topological polar surface area (TPSA) is 129 Å². The van der Waals surface area contributed by atoms with Crippen molar-refractivity contribution < 1.29 is 23.1 Å². The van der Waals surface area contributed by atoms with Crippen LogP contribution in [0.3, 0.4) is 0 Å². The zero-order valence-corrected chi connectivity index (χ0v) is 12.9. The van der Waals surface area contributed by atoms with Crippen LogP contribution in [0.2, 0.25) is 0 Å². The Balaban J connectivity index is 2.27. The minimum Gasteiger partial charge on any atom is -0.548 e. The van der Waals surface area contributed by atoms with Gasteiger partial charge in [0.15, 0.2) is 0 Å². The Morgan fingerprint density at radius 1 is 1.13 bits per heavy atom. The maximum absolute atomic E-state index is 12.3. The lowest BCUT2D eigenvalue weighted by atomic mass is 10.1. The van der Waals surface area contributed by atoms with Crippen LogP contribution in [0, 0.1) is 0 Å². The van der Waals surface area contributed by atoms with Crippen molar-refractivity contribution in [2.45, 2.75) is 23.8 Å². The van der Waals surface area contributed by atoms with Gasteiger partial charge in [-0.05, 0) is 29.3 Å². The normalized spacial score (nSPS) is 12.9. The van der Waals surface area contributed by atoms with Crippen LogP contribution >= 0.6 is 0 Å². The number of hydrogen-bond acceptors (Lipinski definition) is 5. The number of carboxylic acids is 1. The molecule has 0 aromatic heterocycles. The molecule has 0 spiro atoms. The van der Waals surface area contributed by atoms with E-state index >= 15 is 0 Å². The summed E-state index contributed by atoms with van der Waals surface area (Å²) in [5.41, 5.74) is 4.95. The van der Waals surface area contributed by atoms with E-state index in [1.54, 1.807) is 18.2 Å². The molecule has 0 aliphatic heterocycles. The first-order valence-corrected chi connectivity index (χ1v) is 8.28. The molecule has 0 heterocycles. The molecule has 1 amide bonds. The fourth-order valence-corrected chi connectivity index (χ4v) is 3.36. The van der Waals surface area contributed by atoms with Crippen molar-refractivity contribution in [3.05, 3.63) is 42.5 Å². The average Bonchev–Trinajstić information content (AvgIpc) is 2.50. The van der Waals surface area contributed by atoms with Crippen molar-refractivity contribution in [3.63, 3.8) is 0 Å². The molecule has 23 heavy (non-hydrogen) atoms. The maximum Gasteiger partial charge on any atom is 0.241 e. The highest BCUT2D eigenvalue weighted by atomic mass is 32.2. The van der Waals surface area contributed by atoms with E-state index in [2.05, 4.69) is 0 Å². The van der Waals surface area contributed by atoms with Crippen LogP contribution < -0.4 is 15.6 Å². The predicted molar refractivity (Wildman–Crippen MR) is 81.5 cm³/mol. The number of benzene rings is 2. The third kappa shape index (κ3) is 4.27. The second kappa shape index (κ2) is 6.76. The molecule has 0 bridgehead atoms. The van der Waals surface area contributed by atoms with E-state index in [0.717, 1.165) is 5.39 Å². The molecule has 0 unspecified atom stereocenters. The molecule has 2 rings (SSSR count). The molecule has 0 aliphatic rings. The number of nitrogens with two attached hydrogens (primary N) is 1. The maximum atomic E-state index is 12.3. The van der Waals surface area contributed by atoms with Crippen LogP contribution in [0.15, 0.2) is 47.4 Å². The second-order valence-corrected chi connectivity index (χ2v) is 6.72. The van der Waals surface area contributed by atoms with Gasteiger partial charge in [-0.3, -0.25) is 4.79 Å². The molecule has 2 aromatic rings. The van der Waals surface area contributed by atoms with Gasteiger partial charge in [-0.15, -0.1) is 0 Å². The van der Waals surface area contributed by atoms with E-state index in [4.69, 9.17) is 5.73 Å². The van der Waals surface area contributed by atoms with Crippen molar-refractivity contribution in [2.24, 2.45) is 5.73 Å². The standard InChI is InChI=1S/C15H16N2O5S/c16-14(18)8-7-13(15(19)20)17-23(21,22)12-6-5-10-3-1-2-4-11(10)9-12/h1-6,9,13,17H,7-8H2,(H2,16,18)(H,19,20)/p-1/t13-/m0/s1. The van der Waals surface area contributed by atoms with Gasteiger partial charge < -0.3 is 15.6 Å². The van der Waals surface area contributed by atoms with E-state index in [-0.39, 0.29) is 17.7 Å². The second-order valence-electron chi connectivity index (χ2n) is 5.01.